The van der Waals surface area contributed by atoms with E-state index < -0.39 is 5.97 Å². The van der Waals surface area contributed by atoms with Crippen LogP contribution in [-0.2, 0) is 0 Å². The van der Waals surface area contributed by atoms with Gasteiger partial charge in [-0.05, 0) is 18.2 Å². The molecular formula is C8H8N2O2. The fraction of sp³-hybridized carbons (Fsp3) is 0. The van der Waals surface area contributed by atoms with Crippen LogP contribution < -0.4 is 5.73 Å². The largest absolute Gasteiger partial charge is 0.476 e. The molecule has 0 aliphatic rings. The second-order valence-corrected chi connectivity index (χ2v) is 2.18. The number of nitrogens with two attached hydrogens (primary N) is 1. The zero-order valence-corrected chi connectivity index (χ0v) is 6.32. The minimum atomic E-state index is -1.13. The molecule has 0 radical (unpaired) electrons. The van der Waals surface area contributed by atoms with Crippen molar-refractivity contribution in [3.63, 3.8) is 0 Å². The summed E-state index contributed by atoms with van der Waals surface area (Å²) >= 11 is 0. The van der Waals surface area contributed by atoms with Gasteiger partial charge in [-0.1, -0.05) is 6.58 Å². The Balaban J connectivity index is 3.25. The van der Waals surface area contributed by atoms with Gasteiger partial charge in [0, 0.05) is 0 Å². The van der Waals surface area contributed by atoms with Gasteiger partial charge in [0.05, 0.1) is 11.4 Å². The van der Waals surface area contributed by atoms with Gasteiger partial charge in [0.25, 0.3) is 0 Å². The van der Waals surface area contributed by atoms with Crippen LogP contribution in [-0.4, -0.2) is 16.1 Å². The van der Waals surface area contributed by atoms with Gasteiger partial charge in [0.1, 0.15) is 0 Å². The van der Waals surface area contributed by atoms with Crippen LogP contribution in [0.2, 0.25) is 0 Å². The van der Waals surface area contributed by atoms with Crippen LogP contribution in [0.3, 0.4) is 0 Å². The van der Waals surface area contributed by atoms with Crippen molar-refractivity contribution in [2.75, 3.05) is 5.73 Å². The molecule has 3 N–H and O–H groups in total. The van der Waals surface area contributed by atoms with Gasteiger partial charge < -0.3 is 10.8 Å². The summed E-state index contributed by atoms with van der Waals surface area (Å²) in [4.78, 5) is 14.3. The molecule has 1 heterocycles. The first-order valence-electron chi connectivity index (χ1n) is 3.27. The zero-order chi connectivity index (χ0) is 9.14. The molecule has 12 heavy (non-hydrogen) atoms. The average Bonchev–Trinajstić information content (AvgIpc) is 2.05. The molecule has 4 heteroatoms. The van der Waals surface area contributed by atoms with Crippen molar-refractivity contribution in [3.8, 4) is 0 Å². The van der Waals surface area contributed by atoms with Crippen LogP contribution in [0.5, 0.6) is 0 Å². The van der Waals surface area contributed by atoms with Crippen molar-refractivity contribution >= 4 is 17.7 Å². The number of hydrogen-bond acceptors (Lipinski definition) is 3. The van der Waals surface area contributed by atoms with E-state index in [0.29, 0.717) is 5.69 Å². The van der Waals surface area contributed by atoms with Crippen molar-refractivity contribution in [2.24, 2.45) is 0 Å². The fourth-order valence-corrected chi connectivity index (χ4v) is 0.770. The third-order valence-electron chi connectivity index (χ3n) is 1.36. The van der Waals surface area contributed by atoms with E-state index in [1.807, 2.05) is 0 Å². The number of carbonyl (C=O) groups is 1. The van der Waals surface area contributed by atoms with Gasteiger partial charge in [-0.15, -0.1) is 0 Å². The normalized spacial score (nSPS) is 9.33. The highest BCUT2D eigenvalue weighted by Gasteiger charge is 2.08. The van der Waals surface area contributed by atoms with E-state index in [1.165, 1.54) is 12.1 Å². The van der Waals surface area contributed by atoms with Crippen molar-refractivity contribution in [3.05, 3.63) is 30.1 Å². The SMILES string of the molecule is C=Cc1ccc(N)c(C(=O)O)n1. The number of nitrogens with zero attached hydrogens (tertiary/aromatic N) is 1. The summed E-state index contributed by atoms with van der Waals surface area (Å²) < 4.78 is 0. The lowest BCUT2D eigenvalue weighted by molar-refractivity contribution is 0.0691. The van der Waals surface area contributed by atoms with E-state index in [0.717, 1.165) is 0 Å². The van der Waals surface area contributed by atoms with E-state index >= 15 is 0 Å². The second-order valence-electron chi connectivity index (χ2n) is 2.18. The number of aromatic carboxylic acids is 1. The molecule has 0 aromatic carbocycles. The summed E-state index contributed by atoms with van der Waals surface area (Å²) in [6.45, 7) is 3.46. The molecule has 0 bridgehead atoms. The first kappa shape index (κ1) is 8.26. The maximum absolute atomic E-state index is 10.5. The number of hydrogen-bond donors (Lipinski definition) is 2. The Hall–Kier alpha value is -1.84. The summed E-state index contributed by atoms with van der Waals surface area (Å²) in [5.41, 5.74) is 5.90. The Kier molecular flexibility index (Phi) is 2.09. The Bertz CT molecular complexity index is 334. The summed E-state index contributed by atoms with van der Waals surface area (Å²) in [5, 5.41) is 8.61. The van der Waals surface area contributed by atoms with Gasteiger partial charge in [-0.2, -0.15) is 0 Å². The van der Waals surface area contributed by atoms with Crippen molar-refractivity contribution in [2.45, 2.75) is 0 Å². The van der Waals surface area contributed by atoms with E-state index in [9.17, 15) is 4.79 Å². The predicted molar refractivity (Wildman–Crippen MR) is 45.7 cm³/mol. The summed E-state index contributed by atoms with van der Waals surface area (Å²) in [7, 11) is 0. The van der Waals surface area contributed by atoms with Gasteiger partial charge in [-0.25, -0.2) is 9.78 Å². The highest BCUT2D eigenvalue weighted by Crippen LogP contribution is 2.10. The molecular weight excluding hydrogens is 156 g/mol. The Labute approximate surface area is 69.4 Å². The molecule has 4 nitrogen and oxygen atoms in total. The highest BCUT2D eigenvalue weighted by molar-refractivity contribution is 5.91. The molecule has 0 unspecified atom stereocenters. The summed E-state index contributed by atoms with van der Waals surface area (Å²) in [6.07, 6.45) is 1.46. The molecule has 1 aromatic rings. The van der Waals surface area contributed by atoms with E-state index in [1.54, 1.807) is 6.07 Å². The minimum absolute atomic E-state index is 0.132. The second kappa shape index (κ2) is 3.04. The molecule has 0 fully saturated rings. The summed E-state index contributed by atoms with van der Waals surface area (Å²) in [5.74, 6) is -1.13. The van der Waals surface area contributed by atoms with Crippen LogP contribution in [0.25, 0.3) is 6.08 Å². The number of anilines is 1. The first-order chi connectivity index (χ1) is 5.65. The average molecular weight is 164 g/mol. The molecule has 0 amide bonds. The van der Waals surface area contributed by atoms with Gasteiger partial charge in [-0.3, -0.25) is 0 Å². The van der Waals surface area contributed by atoms with Crippen LogP contribution in [0, 0.1) is 0 Å². The lowest BCUT2D eigenvalue weighted by Gasteiger charge is -1.99. The number of carboxylic acid groups (broad SMARTS) is 1. The summed E-state index contributed by atoms with van der Waals surface area (Å²) in [6, 6.07) is 3.10. The molecule has 1 rings (SSSR count). The van der Waals surface area contributed by atoms with Crippen LogP contribution in [0.1, 0.15) is 16.2 Å². The fourth-order valence-electron chi connectivity index (χ4n) is 0.770. The molecule has 0 spiro atoms. The van der Waals surface area contributed by atoms with Crippen LogP contribution in [0.4, 0.5) is 5.69 Å². The third-order valence-corrected chi connectivity index (χ3v) is 1.36. The van der Waals surface area contributed by atoms with Gasteiger partial charge >= 0.3 is 5.97 Å². The molecule has 0 saturated heterocycles. The Morgan fingerprint density at radius 3 is 2.83 bits per heavy atom. The Morgan fingerprint density at radius 1 is 1.67 bits per heavy atom. The monoisotopic (exact) mass is 164 g/mol. The number of rotatable bonds is 2. The van der Waals surface area contributed by atoms with E-state index in [2.05, 4.69) is 11.6 Å². The molecule has 0 atom stereocenters. The molecule has 0 saturated carbocycles. The quantitative estimate of drug-likeness (QED) is 0.683. The highest BCUT2D eigenvalue weighted by atomic mass is 16.4. The van der Waals surface area contributed by atoms with Gasteiger partial charge in [0.15, 0.2) is 5.69 Å². The van der Waals surface area contributed by atoms with E-state index in [-0.39, 0.29) is 11.4 Å². The maximum Gasteiger partial charge on any atom is 0.356 e. The molecule has 1 aromatic heterocycles. The maximum atomic E-state index is 10.5. The van der Waals surface area contributed by atoms with Crippen molar-refractivity contribution in [1.29, 1.82) is 0 Å². The van der Waals surface area contributed by atoms with E-state index in [4.69, 9.17) is 10.8 Å². The smallest absolute Gasteiger partial charge is 0.356 e. The molecule has 0 aliphatic carbocycles. The standard InChI is InChI=1S/C8H8N2O2/c1-2-5-3-4-6(9)7(10-5)8(11)12/h2-4H,1,9H2,(H,11,12). The van der Waals surface area contributed by atoms with Crippen LogP contribution in [0.15, 0.2) is 18.7 Å². The Morgan fingerprint density at radius 2 is 2.33 bits per heavy atom. The molecule has 0 aliphatic heterocycles. The predicted octanol–water partition coefficient (Wildman–Crippen LogP) is 1.01. The topological polar surface area (TPSA) is 76.2 Å². The zero-order valence-electron chi connectivity index (χ0n) is 6.32. The number of carboxylic acids is 1. The van der Waals surface area contributed by atoms with Crippen LogP contribution >= 0.6 is 0 Å². The first-order valence-corrected chi connectivity index (χ1v) is 3.27. The number of nitrogen functional groups attached to an aromatic ring is 1. The minimum Gasteiger partial charge on any atom is -0.476 e. The van der Waals surface area contributed by atoms with Gasteiger partial charge in [0.2, 0.25) is 0 Å². The lowest BCUT2D eigenvalue weighted by Crippen LogP contribution is -2.05. The van der Waals surface area contributed by atoms with Crippen molar-refractivity contribution in [1.82, 2.24) is 4.98 Å². The number of pyridine rings is 1. The third kappa shape index (κ3) is 1.42. The number of aromatic nitrogens is 1. The van der Waals surface area contributed by atoms with Crippen molar-refractivity contribution < 1.29 is 9.90 Å². The molecule has 62 valence electrons. The lowest BCUT2D eigenvalue weighted by atomic mass is 10.2.